The third-order valence-electron chi connectivity index (χ3n) is 11.3. The molecule has 12 rings (SSSR count). The number of aromatic nitrogens is 4. The maximum absolute atomic E-state index is 6.99. The van der Waals surface area contributed by atoms with E-state index in [1.165, 1.54) is 0 Å². The largest absolute Gasteiger partial charge is 0.453 e. The van der Waals surface area contributed by atoms with Gasteiger partial charge in [0.15, 0.2) is 17.2 Å². The molecule has 5 aromatic carbocycles. The molecule has 262 valence electrons. The molecule has 0 saturated heterocycles. The molecular weight excluding hydrogens is 691 g/mol. The molecule has 56 heavy (non-hydrogen) atoms. The minimum absolute atomic E-state index is 0.637. The first-order valence-corrected chi connectivity index (χ1v) is 18.6. The number of pyridine rings is 4. The third-order valence-corrected chi connectivity index (χ3v) is 11.3. The van der Waals surface area contributed by atoms with Crippen molar-refractivity contribution in [2.45, 2.75) is 5.41 Å². The van der Waals surface area contributed by atoms with Crippen LogP contribution in [-0.4, -0.2) is 19.9 Å². The van der Waals surface area contributed by atoms with Crippen LogP contribution in [0.4, 0.5) is 17.1 Å². The second kappa shape index (κ2) is 11.7. The summed E-state index contributed by atoms with van der Waals surface area (Å²) >= 11 is 0. The van der Waals surface area contributed by atoms with Crippen molar-refractivity contribution in [3.05, 3.63) is 199 Å². The van der Waals surface area contributed by atoms with Gasteiger partial charge >= 0.3 is 0 Å². The van der Waals surface area contributed by atoms with Gasteiger partial charge in [-0.2, -0.15) is 0 Å². The summed E-state index contributed by atoms with van der Waals surface area (Å²) < 4.78 is 13.9. The van der Waals surface area contributed by atoms with Crippen molar-refractivity contribution < 1.29 is 9.47 Å². The lowest BCUT2D eigenvalue weighted by atomic mass is 9.66. The standard InChI is InChI=1S/C49H29N5O2/c1-3-19-42-36(16-1)49(38-21-22-41-48(47(38)55-42)56-43-20-4-2-18-40(43)54(41)34-14-8-23-50-29-34)37-17-9-25-52-45(37)46-39(49)27-33(28-53-46)31-11-5-12-32(26-31)35-15-6-10-30-13-7-24-51-44(30)35/h1-29H. The van der Waals surface area contributed by atoms with Crippen LogP contribution in [0.15, 0.2) is 177 Å². The van der Waals surface area contributed by atoms with Gasteiger partial charge in [-0.15, -0.1) is 0 Å². The van der Waals surface area contributed by atoms with Crippen LogP contribution in [0.3, 0.4) is 0 Å². The molecule has 7 heteroatoms. The fraction of sp³-hybridized carbons (Fsp3) is 0.0204. The Morgan fingerprint density at radius 2 is 1.23 bits per heavy atom. The predicted molar refractivity (Wildman–Crippen MR) is 218 cm³/mol. The van der Waals surface area contributed by atoms with E-state index in [9.17, 15) is 0 Å². The number of fused-ring (bicyclic) bond motifs is 13. The van der Waals surface area contributed by atoms with E-state index in [1.54, 1.807) is 6.20 Å². The Bertz CT molecular complexity index is 3070. The molecule has 0 saturated carbocycles. The van der Waals surface area contributed by atoms with Gasteiger partial charge in [0.05, 0.1) is 45.6 Å². The Kier molecular flexibility index (Phi) is 6.42. The Balaban J connectivity index is 1.10. The number of rotatable bonds is 3. The van der Waals surface area contributed by atoms with Gasteiger partial charge < -0.3 is 14.4 Å². The minimum Gasteiger partial charge on any atom is -0.453 e. The molecule has 0 amide bonds. The molecule has 0 N–H and O–H groups in total. The van der Waals surface area contributed by atoms with Gasteiger partial charge in [-0.3, -0.25) is 19.9 Å². The first kappa shape index (κ1) is 30.8. The van der Waals surface area contributed by atoms with E-state index in [0.717, 1.165) is 95.4 Å². The van der Waals surface area contributed by atoms with E-state index in [4.69, 9.17) is 24.4 Å². The molecule has 3 aliphatic rings. The van der Waals surface area contributed by atoms with Crippen molar-refractivity contribution in [1.82, 2.24) is 19.9 Å². The SMILES string of the molecule is c1cc(-c2cnc3c(c2)C2(c4ccccc4Oc4c2ccc2c4Oc4ccccc4N2c2cccnc2)c2cccnc2-3)cc(-c2cccc3cccnc23)c1. The van der Waals surface area contributed by atoms with Crippen LogP contribution in [0, 0.1) is 0 Å². The summed E-state index contributed by atoms with van der Waals surface area (Å²) in [5.74, 6) is 2.77. The summed E-state index contributed by atoms with van der Waals surface area (Å²) in [6, 6.07) is 50.3. The first-order chi connectivity index (χ1) is 27.8. The second-order valence-corrected chi connectivity index (χ2v) is 14.2. The van der Waals surface area contributed by atoms with E-state index in [1.807, 2.05) is 73.3 Å². The Morgan fingerprint density at radius 1 is 0.464 bits per heavy atom. The van der Waals surface area contributed by atoms with Crippen LogP contribution in [0.1, 0.15) is 22.3 Å². The highest BCUT2D eigenvalue weighted by Gasteiger charge is 2.54. The number of hydrogen-bond acceptors (Lipinski definition) is 7. The second-order valence-electron chi connectivity index (χ2n) is 14.2. The van der Waals surface area contributed by atoms with Crippen LogP contribution in [-0.2, 0) is 5.41 Å². The molecule has 0 bridgehead atoms. The number of anilines is 3. The number of para-hydroxylation sites is 4. The lowest BCUT2D eigenvalue weighted by Crippen LogP contribution is -2.33. The number of ether oxygens (including phenoxy) is 2. The zero-order valence-electron chi connectivity index (χ0n) is 29.8. The van der Waals surface area contributed by atoms with Gasteiger partial charge in [0, 0.05) is 58.0 Å². The summed E-state index contributed by atoms with van der Waals surface area (Å²) in [6.07, 6.45) is 9.34. The Labute approximate surface area is 322 Å². The molecule has 1 unspecified atom stereocenters. The molecule has 0 radical (unpaired) electrons. The van der Waals surface area contributed by atoms with E-state index in [-0.39, 0.29) is 0 Å². The van der Waals surface area contributed by atoms with Crippen LogP contribution >= 0.6 is 0 Å². The molecule has 4 aromatic heterocycles. The minimum atomic E-state index is -0.808. The number of nitrogens with zero attached hydrogens (tertiary/aromatic N) is 5. The fourth-order valence-electron chi connectivity index (χ4n) is 9.00. The molecule has 1 aliphatic carbocycles. The van der Waals surface area contributed by atoms with E-state index in [0.29, 0.717) is 11.5 Å². The van der Waals surface area contributed by atoms with Crippen LogP contribution < -0.4 is 14.4 Å². The first-order valence-electron chi connectivity index (χ1n) is 18.6. The zero-order chi connectivity index (χ0) is 36.8. The zero-order valence-corrected chi connectivity index (χ0v) is 29.8. The summed E-state index contributed by atoms with van der Waals surface area (Å²) in [6.45, 7) is 0. The predicted octanol–water partition coefficient (Wildman–Crippen LogP) is 11.8. The quantitative estimate of drug-likeness (QED) is 0.180. The highest BCUT2D eigenvalue weighted by molar-refractivity contribution is 5.95. The monoisotopic (exact) mass is 719 g/mol. The summed E-state index contributed by atoms with van der Waals surface area (Å²) in [5.41, 5.74) is 12.9. The molecule has 0 fully saturated rings. The van der Waals surface area contributed by atoms with Crippen LogP contribution in [0.2, 0.25) is 0 Å². The van der Waals surface area contributed by atoms with Gasteiger partial charge in [0.1, 0.15) is 5.75 Å². The average molecular weight is 720 g/mol. The lowest BCUT2D eigenvalue weighted by molar-refractivity contribution is 0.391. The fourth-order valence-corrected chi connectivity index (χ4v) is 9.00. The van der Waals surface area contributed by atoms with E-state index in [2.05, 4.69) is 107 Å². The highest BCUT2D eigenvalue weighted by Crippen LogP contribution is 2.65. The van der Waals surface area contributed by atoms with Crippen molar-refractivity contribution in [3.63, 3.8) is 0 Å². The number of hydrogen-bond donors (Lipinski definition) is 0. The van der Waals surface area contributed by atoms with Gasteiger partial charge in [-0.25, -0.2) is 0 Å². The molecule has 1 atom stereocenters. The van der Waals surface area contributed by atoms with Gasteiger partial charge in [0.2, 0.25) is 0 Å². The topological polar surface area (TPSA) is 73.3 Å². The smallest absolute Gasteiger partial charge is 0.194 e. The molecule has 6 heterocycles. The van der Waals surface area contributed by atoms with Crippen molar-refractivity contribution in [3.8, 4) is 56.6 Å². The normalized spacial score (nSPS) is 15.5. The summed E-state index contributed by atoms with van der Waals surface area (Å²) in [7, 11) is 0. The van der Waals surface area contributed by atoms with Crippen molar-refractivity contribution in [2.24, 2.45) is 0 Å². The molecule has 1 spiro atoms. The van der Waals surface area contributed by atoms with E-state index >= 15 is 0 Å². The lowest BCUT2D eigenvalue weighted by Gasteiger charge is -2.41. The Hall–Kier alpha value is -7.64. The van der Waals surface area contributed by atoms with Gasteiger partial charge in [-0.05, 0) is 77.4 Å². The maximum atomic E-state index is 6.99. The van der Waals surface area contributed by atoms with Gasteiger partial charge in [-0.1, -0.05) is 84.9 Å². The highest BCUT2D eigenvalue weighted by atomic mass is 16.5. The number of benzene rings is 5. The molecule has 2 aliphatic heterocycles. The van der Waals surface area contributed by atoms with Crippen LogP contribution in [0.5, 0.6) is 23.0 Å². The average Bonchev–Trinajstić information content (AvgIpc) is 3.55. The Morgan fingerprint density at radius 3 is 2.18 bits per heavy atom. The molecule has 7 nitrogen and oxygen atoms in total. The molecular formula is C49H29N5O2. The molecule has 9 aromatic rings. The third kappa shape index (κ3) is 4.22. The maximum Gasteiger partial charge on any atom is 0.194 e. The summed E-state index contributed by atoms with van der Waals surface area (Å²) in [4.78, 5) is 21.6. The van der Waals surface area contributed by atoms with Crippen molar-refractivity contribution in [1.29, 1.82) is 0 Å². The van der Waals surface area contributed by atoms with Crippen molar-refractivity contribution >= 4 is 28.0 Å². The van der Waals surface area contributed by atoms with Crippen molar-refractivity contribution in [2.75, 3.05) is 4.90 Å². The van der Waals surface area contributed by atoms with E-state index < -0.39 is 5.41 Å². The van der Waals surface area contributed by atoms with Gasteiger partial charge in [0.25, 0.3) is 0 Å². The van der Waals surface area contributed by atoms with Crippen LogP contribution in [0.25, 0.3) is 44.5 Å². The summed E-state index contributed by atoms with van der Waals surface area (Å²) in [5, 5.41) is 1.11.